The van der Waals surface area contributed by atoms with Crippen molar-refractivity contribution in [3.8, 4) is 0 Å². The van der Waals surface area contributed by atoms with Gasteiger partial charge in [-0.15, -0.1) is 0 Å². The van der Waals surface area contributed by atoms with Gasteiger partial charge < -0.3 is 10.2 Å². The number of nitrogens with zero attached hydrogens (tertiary/aromatic N) is 1. The zero-order chi connectivity index (χ0) is 14.7. The number of carbonyl (C=O) groups is 2. The van der Waals surface area contributed by atoms with Gasteiger partial charge in [-0.2, -0.15) is 0 Å². The molecule has 1 aromatic carbocycles. The van der Waals surface area contributed by atoms with E-state index < -0.39 is 0 Å². The molecular formula is C14H16BrFN2O2. The van der Waals surface area contributed by atoms with Gasteiger partial charge >= 0.3 is 0 Å². The third kappa shape index (κ3) is 3.79. The Morgan fingerprint density at radius 3 is 2.90 bits per heavy atom. The third-order valence-electron chi connectivity index (χ3n) is 3.34. The minimum atomic E-state index is -0.317. The third-order valence-corrected chi connectivity index (χ3v) is 3.84. The number of hydrogen-bond donors (Lipinski definition) is 1. The summed E-state index contributed by atoms with van der Waals surface area (Å²) in [5.74, 6) is -0.433. The van der Waals surface area contributed by atoms with E-state index in [1.807, 2.05) is 0 Å². The van der Waals surface area contributed by atoms with Gasteiger partial charge in [-0.3, -0.25) is 9.59 Å². The number of amides is 2. The van der Waals surface area contributed by atoms with Gasteiger partial charge in [0.2, 0.25) is 11.8 Å². The monoisotopic (exact) mass is 342 g/mol. The van der Waals surface area contributed by atoms with E-state index in [4.69, 9.17) is 0 Å². The van der Waals surface area contributed by atoms with Gasteiger partial charge in [-0.05, 0) is 24.1 Å². The maximum atomic E-state index is 13.6. The molecule has 1 saturated heterocycles. The number of carbonyl (C=O) groups excluding carboxylic acids is 2. The SMILES string of the molecule is CN1C[C@@H](NC(=O)CCc2ccc(Br)cc2F)CC1=O. The Labute approximate surface area is 125 Å². The van der Waals surface area contributed by atoms with Crippen LogP contribution < -0.4 is 5.32 Å². The van der Waals surface area contributed by atoms with Crippen LogP contribution in [0.5, 0.6) is 0 Å². The van der Waals surface area contributed by atoms with Crippen LogP contribution >= 0.6 is 15.9 Å². The number of benzene rings is 1. The number of hydrogen-bond acceptors (Lipinski definition) is 2. The maximum absolute atomic E-state index is 13.6. The maximum Gasteiger partial charge on any atom is 0.224 e. The van der Waals surface area contributed by atoms with E-state index in [0.717, 1.165) is 0 Å². The lowest BCUT2D eigenvalue weighted by Crippen LogP contribution is -2.36. The Kier molecular flexibility index (Phi) is 4.75. The summed E-state index contributed by atoms with van der Waals surface area (Å²) in [5.41, 5.74) is 0.517. The van der Waals surface area contributed by atoms with Gasteiger partial charge in [0, 0.05) is 30.9 Å². The molecule has 0 spiro atoms. The summed E-state index contributed by atoms with van der Waals surface area (Å²) >= 11 is 3.19. The molecule has 1 fully saturated rings. The lowest BCUT2D eigenvalue weighted by atomic mass is 10.1. The van der Waals surface area contributed by atoms with Crippen LogP contribution in [0.3, 0.4) is 0 Å². The van der Waals surface area contributed by atoms with Gasteiger partial charge in [-0.1, -0.05) is 22.0 Å². The van der Waals surface area contributed by atoms with Crippen LogP contribution in [0.25, 0.3) is 0 Å². The average Bonchev–Trinajstić information content (AvgIpc) is 2.67. The normalized spacial score (nSPS) is 18.4. The summed E-state index contributed by atoms with van der Waals surface area (Å²) in [4.78, 5) is 24.7. The zero-order valence-corrected chi connectivity index (χ0v) is 12.7. The fourth-order valence-corrected chi connectivity index (χ4v) is 2.57. The summed E-state index contributed by atoms with van der Waals surface area (Å²) in [5, 5.41) is 2.81. The van der Waals surface area contributed by atoms with E-state index in [1.165, 1.54) is 6.07 Å². The van der Waals surface area contributed by atoms with Crippen LogP contribution in [0.2, 0.25) is 0 Å². The molecule has 0 aromatic heterocycles. The molecule has 1 aromatic rings. The van der Waals surface area contributed by atoms with Gasteiger partial charge in [0.15, 0.2) is 0 Å². The Morgan fingerprint density at radius 1 is 1.55 bits per heavy atom. The molecule has 0 aliphatic carbocycles. The number of rotatable bonds is 4. The first-order chi connectivity index (χ1) is 9.45. The second kappa shape index (κ2) is 6.35. The lowest BCUT2D eigenvalue weighted by Gasteiger charge is -2.12. The smallest absolute Gasteiger partial charge is 0.224 e. The molecular weight excluding hydrogens is 327 g/mol. The van der Waals surface area contributed by atoms with Crippen LogP contribution in [-0.4, -0.2) is 36.3 Å². The van der Waals surface area contributed by atoms with Crippen LogP contribution in [0, 0.1) is 5.82 Å². The predicted molar refractivity (Wildman–Crippen MR) is 76.6 cm³/mol. The number of nitrogens with one attached hydrogen (secondary N) is 1. The quantitative estimate of drug-likeness (QED) is 0.907. The largest absolute Gasteiger partial charge is 0.351 e. The highest BCUT2D eigenvalue weighted by atomic mass is 79.9. The van der Waals surface area contributed by atoms with Crippen molar-refractivity contribution < 1.29 is 14.0 Å². The summed E-state index contributed by atoms with van der Waals surface area (Å²) in [6, 6.07) is 4.67. The molecule has 1 heterocycles. The molecule has 20 heavy (non-hydrogen) atoms. The summed E-state index contributed by atoms with van der Waals surface area (Å²) < 4.78 is 14.3. The molecule has 1 aliphatic rings. The second-order valence-corrected chi connectivity index (χ2v) is 5.89. The Balaban J connectivity index is 1.82. The number of halogens is 2. The van der Waals surface area contributed by atoms with E-state index >= 15 is 0 Å². The van der Waals surface area contributed by atoms with E-state index in [2.05, 4.69) is 21.2 Å². The van der Waals surface area contributed by atoms with Crippen molar-refractivity contribution in [2.24, 2.45) is 0 Å². The molecule has 1 atom stereocenters. The van der Waals surface area contributed by atoms with Gasteiger partial charge in [0.1, 0.15) is 5.82 Å². The Morgan fingerprint density at radius 2 is 2.30 bits per heavy atom. The molecule has 0 radical (unpaired) electrons. The molecule has 0 bridgehead atoms. The Bertz CT molecular complexity index is 536. The van der Waals surface area contributed by atoms with Crippen LogP contribution in [0.4, 0.5) is 4.39 Å². The Hall–Kier alpha value is -1.43. The highest BCUT2D eigenvalue weighted by molar-refractivity contribution is 9.10. The molecule has 0 unspecified atom stereocenters. The fourth-order valence-electron chi connectivity index (χ4n) is 2.23. The van der Waals surface area contributed by atoms with E-state index in [-0.39, 0.29) is 30.1 Å². The van der Waals surface area contributed by atoms with E-state index in [1.54, 1.807) is 24.1 Å². The van der Waals surface area contributed by atoms with Crippen molar-refractivity contribution in [1.29, 1.82) is 0 Å². The number of likely N-dealkylation sites (N-methyl/N-ethyl adjacent to an activating group) is 1. The molecule has 2 rings (SSSR count). The van der Waals surface area contributed by atoms with Gasteiger partial charge in [0.25, 0.3) is 0 Å². The standard InChI is InChI=1S/C14H16BrFN2O2/c1-18-8-11(7-14(18)20)17-13(19)5-3-9-2-4-10(15)6-12(9)16/h2,4,6,11H,3,5,7-8H2,1H3,(H,17,19)/t11-/m0/s1. The fraction of sp³-hybridized carbons (Fsp3) is 0.429. The molecule has 6 heteroatoms. The first-order valence-corrected chi connectivity index (χ1v) is 7.22. The zero-order valence-electron chi connectivity index (χ0n) is 11.2. The first-order valence-electron chi connectivity index (χ1n) is 6.43. The van der Waals surface area contributed by atoms with Crippen LogP contribution in [0.15, 0.2) is 22.7 Å². The molecule has 4 nitrogen and oxygen atoms in total. The summed E-state index contributed by atoms with van der Waals surface area (Å²) in [6.07, 6.45) is 0.906. The first kappa shape index (κ1) is 15.0. The summed E-state index contributed by atoms with van der Waals surface area (Å²) in [7, 11) is 1.71. The topological polar surface area (TPSA) is 49.4 Å². The highest BCUT2D eigenvalue weighted by Crippen LogP contribution is 2.16. The number of likely N-dealkylation sites (tertiary alicyclic amines) is 1. The second-order valence-electron chi connectivity index (χ2n) is 4.98. The van der Waals surface area contributed by atoms with Crippen molar-refractivity contribution in [3.05, 3.63) is 34.1 Å². The minimum absolute atomic E-state index is 0.0363. The minimum Gasteiger partial charge on any atom is -0.351 e. The van der Waals surface area contributed by atoms with E-state index in [0.29, 0.717) is 29.4 Å². The summed E-state index contributed by atoms with van der Waals surface area (Å²) in [6.45, 7) is 0.539. The van der Waals surface area contributed by atoms with Crippen molar-refractivity contribution in [3.63, 3.8) is 0 Å². The van der Waals surface area contributed by atoms with Gasteiger partial charge in [-0.25, -0.2) is 4.39 Å². The predicted octanol–water partition coefficient (Wildman–Crippen LogP) is 1.87. The molecule has 1 N–H and O–H groups in total. The van der Waals surface area contributed by atoms with E-state index in [9.17, 15) is 14.0 Å². The van der Waals surface area contributed by atoms with Crippen molar-refractivity contribution >= 4 is 27.7 Å². The van der Waals surface area contributed by atoms with Crippen molar-refractivity contribution in [2.45, 2.75) is 25.3 Å². The lowest BCUT2D eigenvalue weighted by molar-refractivity contribution is -0.126. The van der Waals surface area contributed by atoms with Crippen molar-refractivity contribution in [2.75, 3.05) is 13.6 Å². The molecule has 2 amide bonds. The van der Waals surface area contributed by atoms with Crippen LogP contribution in [0.1, 0.15) is 18.4 Å². The average molecular weight is 343 g/mol. The van der Waals surface area contributed by atoms with Crippen LogP contribution in [-0.2, 0) is 16.0 Å². The molecule has 0 saturated carbocycles. The highest BCUT2D eigenvalue weighted by Gasteiger charge is 2.27. The molecule has 108 valence electrons. The number of aryl methyl sites for hydroxylation is 1. The van der Waals surface area contributed by atoms with Crippen molar-refractivity contribution in [1.82, 2.24) is 10.2 Å². The van der Waals surface area contributed by atoms with Gasteiger partial charge in [0.05, 0.1) is 6.04 Å². The molecule has 1 aliphatic heterocycles.